The first-order valence-corrected chi connectivity index (χ1v) is 8.80. The van der Waals surface area contributed by atoms with Gasteiger partial charge in [-0.3, -0.25) is 4.21 Å². The summed E-state index contributed by atoms with van der Waals surface area (Å²) >= 11 is 0. The van der Waals surface area contributed by atoms with Gasteiger partial charge in [0, 0.05) is 28.3 Å². The van der Waals surface area contributed by atoms with Gasteiger partial charge >= 0.3 is 0 Å². The van der Waals surface area contributed by atoms with Crippen LogP contribution in [0.4, 0.5) is 0 Å². The fourth-order valence-electron chi connectivity index (χ4n) is 2.34. The molecular weight excluding hydrogens is 308 g/mol. The molecule has 0 saturated carbocycles. The molecule has 3 rings (SSSR count). The third kappa shape index (κ3) is 4.07. The van der Waals surface area contributed by atoms with Crippen LogP contribution in [0.25, 0.3) is 5.69 Å². The van der Waals surface area contributed by atoms with Crippen LogP contribution in [0.1, 0.15) is 11.1 Å². The topological polar surface area (TPSA) is 44.1 Å². The predicted octanol–water partition coefficient (Wildman–Crippen LogP) is 3.33. The van der Waals surface area contributed by atoms with E-state index in [1.54, 1.807) is 18.0 Å². The summed E-state index contributed by atoms with van der Waals surface area (Å²) in [5.74, 6) is 1.79. The maximum absolute atomic E-state index is 12.4. The Kier molecular flexibility index (Phi) is 4.88. The van der Waals surface area contributed by atoms with Gasteiger partial charge in [0.2, 0.25) is 0 Å². The summed E-state index contributed by atoms with van der Waals surface area (Å²) in [5, 5.41) is 4.34. The fourth-order valence-corrected chi connectivity index (χ4v) is 3.52. The average molecular weight is 326 g/mol. The number of hydrogen-bond acceptors (Lipinski definition) is 3. The van der Waals surface area contributed by atoms with Gasteiger partial charge in [-0.2, -0.15) is 5.10 Å². The smallest absolute Gasteiger partial charge is 0.119 e. The largest absolute Gasteiger partial charge is 0.497 e. The molecule has 0 aliphatic heterocycles. The monoisotopic (exact) mass is 326 g/mol. The molecule has 1 atom stereocenters. The van der Waals surface area contributed by atoms with E-state index in [4.69, 9.17) is 4.74 Å². The van der Waals surface area contributed by atoms with Gasteiger partial charge in [-0.15, -0.1) is 0 Å². The summed E-state index contributed by atoms with van der Waals surface area (Å²) in [6.07, 6.45) is 3.70. The van der Waals surface area contributed by atoms with E-state index in [1.807, 2.05) is 60.8 Å². The van der Waals surface area contributed by atoms with Gasteiger partial charge in [-0.25, -0.2) is 4.68 Å². The van der Waals surface area contributed by atoms with Crippen LogP contribution in [0.15, 0.2) is 67.0 Å². The summed E-state index contributed by atoms with van der Waals surface area (Å²) in [6.45, 7) is 0. The van der Waals surface area contributed by atoms with Gasteiger partial charge < -0.3 is 4.74 Å². The van der Waals surface area contributed by atoms with Crippen LogP contribution in [0.3, 0.4) is 0 Å². The Morgan fingerprint density at radius 3 is 2.61 bits per heavy atom. The number of rotatable bonds is 6. The molecule has 0 unspecified atom stereocenters. The van der Waals surface area contributed by atoms with E-state index in [-0.39, 0.29) is 0 Å². The summed E-state index contributed by atoms with van der Waals surface area (Å²) < 4.78 is 19.4. The zero-order valence-corrected chi connectivity index (χ0v) is 13.7. The number of benzene rings is 2. The molecule has 0 aliphatic carbocycles. The summed E-state index contributed by atoms with van der Waals surface area (Å²) in [4.78, 5) is 0. The molecule has 0 spiro atoms. The van der Waals surface area contributed by atoms with E-state index < -0.39 is 10.8 Å². The second-order valence-electron chi connectivity index (χ2n) is 5.21. The Hall–Kier alpha value is -2.40. The zero-order chi connectivity index (χ0) is 16.1. The SMILES string of the molecule is COc1cccc(C[S@](=O)Cc2cnn(-c3ccccc3)c2)c1. The highest BCUT2D eigenvalue weighted by atomic mass is 32.2. The van der Waals surface area contributed by atoms with Gasteiger partial charge in [-0.1, -0.05) is 30.3 Å². The molecule has 2 aromatic carbocycles. The summed E-state index contributed by atoms with van der Waals surface area (Å²) in [5.41, 5.74) is 2.98. The lowest BCUT2D eigenvalue weighted by molar-refractivity contribution is 0.414. The molecule has 118 valence electrons. The minimum atomic E-state index is -0.984. The highest BCUT2D eigenvalue weighted by Crippen LogP contribution is 2.16. The highest BCUT2D eigenvalue weighted by molar-refractivity contribution is 7.83. The van der Waals surface area contributed by atoms with Gasteiger partial charge in [0.15, 0.2) is 0 Å². The fraction of sp³-hybridized carbons (Fsp3) is 0.167. The molecule has 0 radical (unpaired) electrons. The number of nitrogens with zero attached hydrogens (tertiary/aromatic N) is 2. The molecule has 0 fully saturated rings. The van der Waals surface area contributed by atoms with Crippen LogP contribution >= 0.6 is 0 Å². The third-order valence-electron chi connectivity index (χ3n) is 3.45. The van der Waals surface area contributed by atoms with E-state index in [0.717, 1.165) is 22.6 Å². The Morgan fingerprint density at radius 1 is 1.04 bits per heavy atom. The molecule has 5 heteroatoms. The highest BCUT2D eigenvalue weighted by Gasteiger charge is 2.07. The summed E-state index contributed by atoms with van der Waals surface area (Å²) in [7, 11) is 0.649. The van der Waals surface area contributed by atoms with Gasteiger partial charge in [0.1, 0.15) is 5.75 Å². The lowest BCUT2D eigenvalue weighted by Crippen LogP contribution is -1.99. The molecule has 1 heterocycles. The van der Waals surface area contributed by atoms with E-state index >= 15 is 0 Å². The first-order chi connectivity index (χ1) is 11.2. The van der Waals surface area contributed by atoms with Gasteiger partial charge in [0.05, 0.1) is 24.7 Å². The van der Waals surface area contributed by atoms with E-state index in [9.17, 15) is 4.21 Å². The van der Waals surface area contributed by atoms with Gasteiger partial charge in [-0.05, 0) is 29.8 Å². The van der Waals surface area contributed by atoms with Crippen LogP contribution in [0.2, 0.25) is 0 Å². The third-order valence-corrected chi connectivity index (χ3v) is 4.76. The molecule has 4 nitrogen and oxygen atoms in total. The van der Waals surface area contributed by atoms with Crippen molar-refractivity contribution in [2.75, 3.05) is 7.11 Å². The molecule has 0 amide bonds. The molecule has 3 aromatic rings. The first kappa shape index (κ1) is 15.5. The molecule has 23 heavy (non-hydrogen) atoms. The Bertz CT molecular complexity index is 800. The zero-order valence-electron chi connectivity index (χ0n) is 12.9. The number of hydrogen-bond donors (Lipinski definition) is 0. The molecule has 0 saturated heterocycles. The lowest BCUT2D eigenvalue weighted by Gasteiger charge is -2.04. The molecular formula is C18H18N2O2S. The maximum atomic E-state index is 12.4. The van der Waals surface area contributed by atoms with Crippen LogP contribution in [0, 0.1) is 0 Å². The lowest BCUT2D eigenvalue weighted by atomic mass is 10.2. The van der Waals surface area contributed by atoms with Crippen LogP contribution in [-0.2, 0) is 22.3 Å². The minimum absolute atomic E-state index is 0.490. The quantitative estimate of drug-likeness (QED) is 0.698. The second-order valence-corrected chi connectivity index (χ2v) is 6.67. The standard InChI is InChI=1S/C18H18N2O2S/c1-22-18-9-5-6-15(10-18)13-23(21)14-16-11-19-20(12-16)17-7-3-2-4-8-17/h2-12H,13-14H2,1H3/t23-/m0/s1. The number of ether oxygens (including phenoxy) is 1. The molecule has 0 N–H and O–H groups in total. The molecule has 1 aromatic heterocycles. The van der Waals surface area contributed by atoms with Crippen molar-refractivity contribution in [1.82, 2.24) is 9.78 Å². The van der Waals surface area contributed by atoms with Gasteiger partial charge in [0.25, 0.3) is 0 Å². The van der Waals surface area contributed by atoms with Crippen molar-refractivity contribution >= 4 is 10.8 Å². The van der Waals surface area contributed by atoms with Crippen molar-refractivity contribution in [1.29, 1.82) is 0 Å². The van der Waals surface area contributed by atoms with Crippen molar-refractivity contribution in [3.8, 4) is 11.4 Å². The van der Waals surface area contributed by atoms with Crippen molar-refractivity contribution in [3.63, 3.8) is 0 Å². The minimum Gasteiger partial charge on any atom is -0.497 e. The van der Waals surface area contributed by atoms with E-state index in [1.165, 1.54) is 0 Å². The normalized spacial score (nSPS) is 12.0. The number of aromatic nitrogens is 2. The predicted molar refractivity (Wildman–Crippen MR) is 92.1 cm³/mol. The maximum Gasteiger partial charge on any atom is 0.119 e. The summed E-state index contributed by atoms with van der Waals surface area (Å²) in [6, 6.07) is 17.6. The number of methoxy groups -OCH3 is 1. The van der Waals surface area contributed by atoms with Crippen LogP contribution in [-0.4, -0.2) is 21.1 Å². The van der Waals surface area contributed by atoms with Crippen molar-refractivity contribution in [2.24, 2.45) is 0 Å². The first-order valence-electron chi connectivity index (χ1n) is 7.31. The Balaban J connectivity index is 1.65. The Labute approximate surface area is 138 Å². The second kappa shape index (κ2) is 7.24. The van der Waals surface area contributed by atoms with Crippen molar-refractivity contribution in [3.05, 3.63) is 78.1 Å². The molecule has 0 aliphatic rings. The average Bonchev–Trinajstić information content (AvgIpc) is 3.04. The molecule has 0 bridgehead atoms. The van der Waals surface area contributed by atoms with E-state index in [2.05, 4.69) is 5.10 Å². The van der Waals surface area contributed by atoms with E-state index in [0.29, 0.717) is 11.5 Å². The van der Waals surface area contributed by atoms with Crippen molar-refractivity contribution in [2.45, 2.75) is 11.5 Å². The van der Waals surface area contributed by atoms with Crippen LogP contribution < -0.4 is 4.74 Å². The number of para-hydroxylation sites is 1. The van der Waals surface area contributed by atoms with Crippen LogP contribution in [0.5, 0.6) is 5.75 Å². The Morgan fingerprint density at radius 2 is 1.83 bits per heavy atom. The van der Waals surface area contributed by atoms with Crippen molar-refractivity contribution < 1.29 is 8.95 Å².